The van der Waals surface area contributed by atoms with Gasteiger partial charge in [-0.3, -0.25) is 0 Å². The molecule has 0 nitrogen and oxygen atoms in total. The molecular weight excluding hydrogens is 110 g/mol. The van der Waals surface area contributed by atoms with E-state index in [1.165, 1.54) is 24.3 Å². The maximum absolute atomic E-state index is 11.2. The third-order valence-corrected chi connectivity index (χ3v) is 0.561. The quantitative estimate of drug-likeness (QED) is 0.497. The molecule has 0 bridgehead atoms. The van der Waals surface area contributed by atoms with Crippen LogP contribution in [0, 0.1) is 0 Å². The molecule has 0 fully saturated rings. The molecule has 0 amide bonds. The van der Waals surface area contributed by atoms with Gasteiger partial charge in [-0.1, -0.05) is 24.3 Å². The van der Waals surface area contributed by atoms with Crippen molar-refractivity contribution in [2.45, 2.75) is 0 Å². The molecule has 0 unspecified atom stereocenters. The van der Waals surface area contributed by atoms with E-state index in [0.29, 0.717) is 0 Å². The van der Waals surface area contributed by atoms with E-state index in [1.54, 1.807) is 0 Å². The minimum Gasteiger partial charge on any atom is -0.247 e. The minimum atomic E-state index is -0.489. The summed E-state index contributed by atoms with van der Waals surface area (Å²) in [4.78, 5) is 0. The lowest BCUT2D eigenvalue weighted by Gasteiger charge is -1.71. The first-order chi connectivity index (χ1) is 3.91. The van der Waals surface area contributed by atoms with Crippen molar-refractivity contribution in [3.8, 4) is 0 Å². The Kier molecular flexibility index (Phi) is 5.82. The van der Waals surface area contributed by atoms with Crippen molar-refractivity contribution in [1.82, 2.24) is 0 Å². The zero-order valence-corrected chi connectivity index (χ0v) is 4.48. The molecule has 0 atom stereocenters. The minimum absolute atomic E-state index is 0.489. The zero-order valence-electron chi connectivity index (χ0n) is 4.48. The van der Waals surface area contributed by atoms with Crippen LogP contribution in [0.2, 0.25) is 0 Å². The number of halogens is 2. The number of hydrogen-bond acceptors (Lipinski definition) is 0. The van der Waals surface area contributed by atoms with Crippen molar-refractivity contribution >= 4 is 0 Å². The fourth-order valence-electron chi connectivity index (χ4n) is 0.260. The zero-order chi connectivity index (χ0) is 6.24. The summed E-state index contributed by atoms with van der Waals surface area (Å²) in [5.41, 5.74) is 0. The summed E-state index contributed by atoms with van der Waals surface area (Å²) in [5.74, 6) is 0. The smallest absolute Gasteiger partial charge is 0.108 e. The highest BCUT2D eigenvalue weighted by Gasteiger charge is 1.65. The van der Waals surface area contributed by atoms with Gasteiger partial charge >= 0.3 is 0 Å². The van der Waals surface area contributed by atoms with E-state index in [2.05, 4.69) is 0 Å². The largest absolute Gasteiger partial charge is 0.247 e. The summed E-state index contributed by atoms with van der Waals surface area (Å²) in [6.45, 7) is -0.979. The average molecular weight is 118 g/mol. The highest BCUT2D eigenvalue weighted by molar-refractivity contribution is 5.02. The van der Waals surface area contributed by atoms with Gasteiger partial charge in [-0.15, -0.1) is 0 Å². The number of rotatable bonds is 3. The van der Waals surface area contributed by atoms with Gasteiger partial charge in [-0.2, -0.15) is 0 Å². The monoisotopic (exact) mass is 118 g/mol. The molecule has 0 rings (SSSR count). The van der Waals surface area contributed by atoms with Crippen LogP contribution >= 0.6 is 0 Å². The van der Waals surface area contributed by atoms with Crippen LogP contribution in [0.3, 0.4) is 0 Å². The van der Waals surface area contributed by atoms with Crippen LogP contribution in [-0.4, -0.2) is 13.3 Å². The van der Waals surface area contributed by atoms with Gasteiger partial charge in [0.25, 0.3) is 0 Å². The Morgan fingerprint density at radius 1 is 0.875 bits per heavy atom. The Bertz CT molecular complexity index is 72.5. The SMILES string of the molecule is FC/C=C\C=C/CF. The van der Waals surface area contributed by atoms with Crippen molar-refractivity contribution in [2.24, 2.45) is 0 Å². The van der Waals surface area contributed by atoms with Gasteiger partial charge in [-0.05, 0) is 0 Å². The first-order valence-electron chi connectivity index (χ1n) is 2.35. The Balaban J connectivity index is 3.13. The van der Waals surface area contributed by atoms with E-state index >= 15 is 0 Å². The summed E-state index contributed by atoms with van der Waals surface area (Å²) in [7, 11) is 0. The lowest BCUT2D eigenvalue weighted by molar-refractivity contribution is 0.559. The topological polar surface area (TPSA) is 0 Å². The Hall–Kier alpha value is -0.660. The molecule has 2 heteroatoms. The number of allylic oxidation sites excluding steroid dienone is 4. The van der Waals surface area contributed by atoms with Crippen molar-refractivity contribution in [1.29, 1.82) is 0 Å². The molecule has 0 aromatic rings. The molecule has 46 valence electrons. The summed E-state index contributed by atoms with van der Waals surface area (Å²) < 4.78 is 22.4. The molecule has 0 saturated carbocycles. The maximum atomic E-state index is 11.2. The normalized spacial score (nSPS) is 11.8. The van der Waals surface area contributed by atoms with Crippen LogP contribution in [0.5, 0.6) is 0 Å². The fraction of sp³-hybridized carbons (Fsp3) is 0.333. The molecular formula is C6H8F2. The molecule has 0 N–H and O–H groups in total. The van der Waals surface area contributed by atoms with Crippen LogP contribution in [0.4, 0.5) is 8.78 Å². The molecule has 8 heavy (non-hydrogen) atoms. The predicted octanol–water partition coefficient (Wildman–Crippen LogP) is 2.04. The van der Waals surface area contributed by atoms with Gasteiger partial charge in [-0.25, -0.2) is 8.78 Å². The van der Waals surface area contributed by atoms with E-state index in [4.69, 9.17) is 0 Å². The second-order valence-corrected chi connectivity index (χ2v) is 1.16. The maximum Gasteiger partial charge on any atom is 0.108 e. The standard InChI is InChI=1S/C6H8F2/c7-5-3-1-2-4-6-8/h1-4H,5-6H2/b3-1-,4-2-. The van der Waals surface area contributed by atoms with Gasteiger partial charge in [0.15, 0.2) is 0 Å². The van der Waals surface area contributed by atoms with Gasteiger partial charge in [0.2, 0.25) is 0 Å². The number of hydrogen-bond donors (Lipinski definition) is 0. The molecule has 0 aliphatic carbocycles. The van der Waals surface area contributed by atoms with Crippen LogP contribution in [-0.2, 0) is 0 Å². The third kappa shape index (κ3) is 5.34. The molecule has 0 heterocycles. The lowest BCUT2D eigenvalue weighted by atomic mass is 10.4. The van der Waals surface area contributed by atoms with Gasteiger partial charge in [0, 0.05) is 0 Å². The van der Waals surface area contributed by atoms with Crippen molar-refractivity contribution in [2.75, 3.05) is 13.3 Å². The fourth-order valence-corrected chi connectivity index (χ4v) is 0.260. The van der Waals surface area contributed by atoms with Crippen molar-refractivity contribution in [3.63, 3.8) is 0 Å². The van der Waals surface area contributed by atoms with Crippen LogP contribution < -0.4 is 0 Å². The Labute approximate surface area is 47.5 Å². The second-order valence-electron chi connectivity index (χ2n) is 1.16. The van der Waals surface area contributed by atoms with E-state index < -0.39 is 13.3 Å². The molecule has 0 aromatic carbocycles. The van der Waals surface area contributed by atoms with Crippen LogP contribution in [0.15, 0.2) is 24.3 Å². The van der Waals surface area contributed by atoms with Crippen molar-refractivity contribution in [3.05, 3.63) is 24.3 Å². The highest BCUT2D eigenvalue weighted by Crippen LogP contribution is 1.78. The van der Waals surface area contributed by atoms with E-state index in [0.717, 1.165) is 0 Å². The highest BCUT2D eigenvalue weighted by atomic mass is 19.1. The summed E-state index contributed by atoms with van der Waals surface area (Å²) in [5, 5.41) is 0. The Morgan fingerprint density at radius 3 is 1.50 bits per heavy atom. The molecule has 0 saturated heterocycles. The third-order valence-electron chi connectivity index (χ3n) is 0.561. The van der Waals surface area contributed by atoms with Crippen LogP contribution in [0.25, 0.3) is 0 Å². The predicted molar refractivity (Wildman–Crippen MR) is 30.2 cm³/mol. The van der Waals surface area contributed by atoms with Gasteiger partial charge in [0.05, 0.1) is 0 Å². The van der Waals surface area contributed by atoms with Crippen LogP contribution in [0.1, 0.15) is 0 Å². The van der Waals surface area contributed by atoms with E-state index in [1.807, 2.05) is 0 Å². The van der Waals surface area contributed by atoms with Gasteiger partial charge < -0.3 is 0 Å². The molecule has 0 radical (unpaired) electrons. The lowest BCUT2D eigenvalue weighted by Crippen LogP contribution is -1.60. The first kappa shape index (κ1) is 7.34. The average Bonchev–Trinajstić information content (AvgIpc) is 1.81. The van der Waals surface area contributed by atoms with E-state index in [-0.39, 0.29) is 0 Å². The number of alkyl halides is 2. The summed E-state index contributed by atoms with van der Waals surface area (Å²) in [6, 6.07) is 0. The summed E-state index contributed by atoms with van der Waals surface area (Å²) >= 11 is 0. The molecule has 0 spiro atoms. The van der Waals surface area contributed by atoms with Crippen molar-refractivity contribution < 1.29 is 8.78 Å². The Morgan fingerprint density at radius 2 is 1.25 bits per heavy atom. The first-order valence-corrected chi connectivity index (χ1v) is 2.35. The molecule has 0 aromatic heterocycles. The molecule has 0 aliphatic rings. The second kappa shape index (κ2) is 6.34. The molecule has 0 aliphatic heterocycles. The van der Waals surface area contributed by atoms with Gasteiger partial charge in [0.1, 0.15) is 13.3 Å². The van der Waals surface area contributed by atoms with E-state index in [9.17, 15) is 8.78 Å². The summed E-state index contributed by atoms with van der Waals surface area (Å²) in [6.07, 6.45) is 5.57.